The molecule has 27 heavy (non-hydrogen) atoms. The molecule has 3 rings (SSSR count). The number of hydrogen-bond acceptors (Lipinski definition) is 6. The SMILES string of the molecule is CCCCc1nnc([C@@H]2CC[C@@H](NC(=O)COc3ccc(C)cc3)CO2)o1. The molecular formula is C20H27N3O4. The highest BCUT2D eigenvalue weighted by Gasteiger charge is 2.27. The zero-order valence-electron chi connectivity index (χ0n) is 15.9. The average Bonchev–Trinajstić information content (AvgIpc) is 3.15. The minimum Gasteiger partial charge on any atom is -0.484 e. The van der Waals surface area contributed by atoms with Gasteiger partial charge in [0, 0.05) is 6.42 Å². The fourth-order valence-corrected chi connectivity index (χ4v) is 2.94. The van der Waals surface area contributed by atoms with Gasteiger partial charge in [-0.3, -0.25) is 4.79 Å². The minimum absolute atomic E-state index is 0.00651. The average molecular weight is 373 g/mol. The summed E-state index contributed by atoms with van der Waals surface area (Å²) in [5.74, 6) is 1.74. The maximum atomic E-state index is 12.1. The monoisotopic (exact) mass is 373 g/mol. The highest BCUT2D eigenvalue weighted by Crippen LogP contribution is 2.27. The van der Waals surface area contributed by atoms with E-state index in [4.69, 9.17) is 13.9 Å². The summed E-state index contributed by atoms with van der Waals surface area (Å²) in [6, 6.07) is 7.59. The predicted octanol–water partition coefficient (Wildman–Crippen LogP) is 3.14. The van der Waals surface area contributed by atoms with Crippen molar-refractivity contribution in [3.63, 3.8) is 0 Å². The lowest BCUT2D eigenvalue weighted by Crippen LogP contribution is -2.43. The van der Waals surface area contributed by atoms with Crippen molar-refractivity contribution in [2.75, 3.05) is 13.2 Å². The van der Waals surface area contributed by atoms with Crippen LogP contribution in [0.1, 0.15) is 56.1 Å². The van der Waals surface area contributed by atoms with Gasteiger partial charge in [0.25, 0.3) is 5.91 Å². The molecule has 146 valence electrons. The molecule has 1 fully saturated rings. The molecule has 2 atom stereocenters. The summed E-state index contributed by atoms with van der Waals surface area (Å²) in [4.78, 5) is 12.1. The lowest BCUT2D eigenvalue weighted by molar-refractivity contribution is -0.125. The number of rotatable bonds is 8. The van der Waals surface area contributed by atoms with Crippen LogP contribution in [-0.2, 0) is 16.0 Å². The first-order chi connectivity index (χ1) is 13.1. The van der Waals surface area contributed by atoms with E-state index in [-0.39, 0.29) is 24.7 Å². The van der Waals surface area contributed by atoms with Crippen LogP contribution in [0.5, 0.6) is 5.75 Å². The zero-order valence-corrected chi connectivity index (χ0v) is 15.9. The van der Waals surface area contributed by atoms with Gasteiger partial charge in [-0.1, -0.05) is 31.0 Å². The van der Waals surface area contributed by atoms with Crippen molar-refractivity contribution >= 4 is 5.91 Å². The second-order valence-electron chi connectivity index (χ2n) is 6.90. The number of nitrogens with one attached hydrogen (secondary N) is 1. The van der Waals surface area contributed by atoms with Crippen molar-refractivity contribution in [1.82, 2.24) is 15.5 Å². The Labute approximate surface area is 159 Å². The van der Waals surface area contributed by atoms with Crippen LogP contribution in [0.3, 0.4) is 0 Å². The summed E-state index contributed by atoms with van der Waals surface area (Å²) in [5.41, 5.74) is 1.15. The molecule has 1 aromatic heterocycles. The van der Waals surface area contributed by atoms with Gasteiger partial charge in [-0.25, -0.2) is 0 Å². The summed E-state index contributed by atoms with van der Waals surface area (Å²) in [7, 11) is 0. The number of carbonyl (C=O) groups is 1. The van der Waals surface area contributed by atoms with Crippen LogP contribution in [0.15, 0.2) is 28.7 Å². The smallest absolute Gasteiger partial charge is 0.258 e. The fourth-order valence-electron chi connectivity index (χ4n) is 2.94. The van der Waals surface area contributed by atoms with Crippen LogP contribution in [0.2, 0.25) is 0 Å². The van der Waals surface area contributed by atoms with Crippen molar-refractivity contribution in [1.29, 1.82) is 0 Å². The van der Waals surface area contributed by atoms with Crippen molar-refractivity contribution < 1.29 is 18.7 Å². The highest BCUT2D eigenvalue weighted by atomic mass is 16.5. The molecule has 0 bridgehead atoms. The van der Waals surface area contributed by atoms with Crippen LogP contribution in [0.25, 0.3) is 0 Å². The van der Waals surface area contributed by atoms with Gasteiger partial charge in [-0.15, -0.1) is 10.2 Å². The Morgan fingerprint density at radius 1 is 1.26 bits per heavy atom. The lowest BCUT2D eigenvalue weighted by Gasteiger charge is -2.27. The summed E-state index contributed by atoms with van der Waals surface area (Å²) < 4.78 is 17.0. The number of amides is 1. The van der Waals surface area contributed by atoms with Crippen LogP contribution in [0.4, 0.5) is 0 Å². The Bertz CT molecular complexity index is 721. The van der Waals surface area contributed by atoms with Crippen LogP contribution >= 0.6 is 0 Å². The molecule has 0 spiro atoms. The van der Waals surface area contributed by atoms with Crippen LogP contribution in [-0.4, -0.2) is 35.4 Å². The van der Waals surface area contributed by atoms with Crippen LogP contribution in [0, 0.1) is 6.92 Å². The molecular weight excluding hydrogens is 346 g/mol. The van der Waals surface area contributed by atoms with Crippen molar-refractivity contribution in [2.24, 2.45) is 0 Å². The maximum absolute atomic E-state index is 12.1. The van der Waals surface area contributed by atoms with E-state index in [2.05, 4.69) is 22.4 Å². The van der Waals surface area contributed by atoms with Gasteiger partial charge in [0.15, 0.2) is 6.61 Å². The summed E-state index contributed by atoms with van der Waals surface area (Å²) in [5, 5.41) is 11.1. The van der Waals surface area contributed by atoms with E-state index in [1.165, 1.54) is 0 Å². The molecule has 0 unspecified atom stereocenters. The van der Waals surface area contributed by atoms with Crippen molar-refractivity contribution in [2.45, 2.75) is 58.1 Å². The fraction of sp³-hybridized carbons (Fsp3) is 0.550. The van der Waals surface area contributed by atoms with Gasteiger partial charge in [0.2, 0.25) is 11.8 Å². The van der Waals surface area contributed by atoms with Gasteiger partial charge in [-0.05, 0) is 38.3 Å². The van der Waals surface area contributed by atoms with E-state index in [0.717, 1.165) is 37.7 Å². The summed E-state index contributed by atoms with van der Waals surface area (Å²) >= 11 is 0. The van der Waals surface area contributed by atoms with Gasteiger partial charge >= 0.3 is 0 Å². The van der Waals surface area contributed by atoms with Gasteiger partial charge < -0.3 is 19.2 Å². The third kappa shape index (κ3) is 5.79. The van der Waals surface area contributed by atoms with Crippen molar-refractivity contribution in [3.05, 3.63) is 41.6 Å². The summed E-state index contributed by atoms with van der Waals surface area (Å²) in [6.07, 6.45) is 4.27. The molecule has 1 aliphatic rings. The van der Waals surface area contributed by atoms with Crippen LogP contribution < -0.4 is 10.1 Å². The molecule has 2 aromatic rings. The van der Waals surface area contributed by atoms with E-state index in [9.17, 15) is 4.79 Å². The zero-order chi connectivity index (χ0) is 19.1. The molecule has 1 N–H and O–H groups in total. The summed E-state index contributed by atoms with van der Waals surface area (Å²) in [6.45, 7) is 4.55. The molecule has 0 aliphatic carbocycles. The largest absolute Gasteiger partial charge is 0.484 e. The molecule has 1 aromatic carbocycles. The first kappa shape index (κ1) is 19.4. The van der Waals surface area contributed by atoms with Crippen molar-refractivity contribution in [3.8, 4) is 5.75 Å². The predicted molar refractivity (Wildman–Crippen MR) is 99.4 cm³/mol. The Morgan fingerprint density at radius 2 is 2.07 bits per heavy atom. The first-order valence-corrected chi connectivity index (χ1v) is 9.56. The minimum atomic E-state index is -0.190. The number of benzene rings is 1. The molecule has 1 amide bonds. The van der Waals surface area contributed by atoms with E-state index in [1.807, 2.05) is 31.2 Å². The second-order valence-corrected chi connectivity index (χ2v) is 6.90. The van der Waals surface area contributed by atoms with E-state index in [1.54, 1.807) is 0 Å². The number of aryl methyl sites for hydroxylation is 2. The third-order valence-corrected chi connectivity index (χ3v) is 4.53. The quantitative estimate of drug-likeness (QED) is 0.765. The Morgan fingerprint density at radius 3 is 2.78 bits per heavy atom. The number of unbranched alkanes of at least 4 members (excludes halogenated alkanes) is 1. The number of nitrogens with zero attached hydrogens (tertiary/aromatic N) is 2. The first-order valence-electron chi connectivity index (χ1n) is 9.56. The molecule has 0 saturated carbocycles. The van der Waals surface area contributed by atoms with Gasteiger partial charge in [0.1, 0.15) is 11.9 Å². The third-order valence-electron chi connectivity index (χ3n) is 4.53. The Balaban J connectivity index is 1.39. The number of ether oxygens (including phenoxy) is 2. The Hall–Kier alpha value is -2.41. The van der Waals surface area contributed by atoms with E-state index >= 15 is 0 Å². The second kappa shape index (κ2) is 9.50. The molecule has 7 heteroatoms. The number of aromatic nitrogens is 2. The molecule has 1 saturated heterocycles. The van der Waals surface area contributed by atoms with Gasteiger partial charge in [-0.2, -0.15) is 0 Å². The number of carbonyl (C=O) groups excluding carboxylic acids is 1. The topological polar surface area (TPSA) is 86.5 Å². The normalized spacial score (nSPS) is 19.6. The molecule has 0 radical (unpaired) electrons. The lowest BCUT2D eigenvalue weighted by atomic mass is 10.0. The standard InChI is InChI=1S/C20H27N3O4/c1-3-4-5-19-22-23-20(27-19)17-11-8-15(12-26-17)21-18(24)13-25-16-9-6-14(2)7-10-16/h6-7,9-10,15,17H,3-5,8,11-13H2,1-2H3,(H,21,24)/t15-,17+/m1/s1. The van der Waals surface area contributed by atoms with E-state index < -0.39 is 0 Å². The Kier molecular flexibility index (Phi) is 6.81. The van der Waals surface area contributed by atoms with Gasteiger partial charge in [0.05, 0.1) is 12.6 Å². The highest BCUT2D eigenvalue weighted by molar-refractivity contribution is 5.77. The molecule has 7 nitrogen and oxygen atoms in total. The molecule has 1 aliphatic heterocycles. The van der Waals surface area contributed by atoms with E-state index in [0.29, 0.717) is 24.1 Å². The number of hydrogen-bond donors (Lipinski definition) is 1. The maximum Gasteiger partial charge on any atom is 0.258 e. The molecule has 2 heterocycles.